The van der Waals surface area contributed by atoms with E-state index in [0.29, 0.717) is 13.0 Å². The Kier molecular flexibility index (Phi) is 5.40. The van der Waals surface area contributed by atoms with Gasteiger partial charge in [-0.3, -0.25) is 0 Å². The number of hydrogen-bond donors (Lipinski definition) is 1. The predicted molar refractivity (Wildman–Crippen MR) is 110 cm³/mol. The van der Waals surface area contributed by atoms with Gasteiger partial charge in [0.25, 0.3) is 0 Å². The quantitative estimate of drug-likeness (QED) is 0.649. The van der Waals surface area contributed by atoms with Crippen LogP contribution >= 0.6 is 0 Å². The Labute approximate surface area is 166 Å². The summed E-state index contributed by atoms with van der Waals surface area (Å²) in [6.07, 6.45) is 3.26. The minimum absolute atomic E-state index is 0.0549. The number of fused-ring (bicyclic) bond motifs is 1. The lowest BCUT2D eigenvalue weighted by Crippen LogP contribution is -2.25. The summed E-state index contributed by atoms with van der Waals surface area (Å²) >= 11 is 0. The van der Waals surface area contributed by atoms with Crippen molar-refractivity contribution in [1.82, 2.24) is 5.32 Å². The van der Waals surface area contributed by atoms with E-state index in [4.69, 9.17) is 9.47 Å². The molecule has 4 heteroatoms. The molecule has 1 aliphatic heterocycles. The Morgan fingerprint density at radius 1 is 1.14 bits per heavy atom. The second kappa shape index (κ2) is 7.96. The summed E-state index contributed by atoms with van der Waals surface area (Å²) in [6, 6.07) is 14.3. The fourth-order valence-corrected chi connectivity index (χ4v) is 4.04. The molecule has 148 valence electrons. The van der Waals surface area contributed by atoms with Crippen molar-refractivity contribution in [2.24, 2.45) is 0 Å². The van der Waals surface area contributed by atoms with Crippen molar-refractivity contribution < 1.29 is 13.9 Å². The van der Waals surface area contributed by atoms with Crippen LogP contribution in [0.15, 0.2) is 48.3 Å². The topological polar surface area (TPSA) is 30.5 Å². The minimum atomic E-state index is -0.167. The van der Waals surface area contributed by atoms with Crippen molar-refractivity contribution in [3.8, 4) is 11.5 Å². The van der Waals surface area contributed by atoms with Crippen molar-refractivity contribution in [1.29, 1.82) is 0 Å². The largest absolute Gasteiger partial charge is 0.488 e. The molecule has 1 N–H and O–H groups in total. The number of rotatable bonds is 7. The van der Waals surface area contributed by atoms with Crippen LogP contribution in [0.2, 0.25) is 0 Å². The highest BCUT2D eigenvalue weighted by Gasteiger charge is 2.32. The molecule has 2 aromatic carbocycles. The van der Waals surface area contributed by atoms with Crippen LogP contribution in [0.1, 0.15) is 49.8 Å². The van der Waals surface area contributed by atoms with Crippen molar-refractivity contribution in [2.45, 2.75) is 51.7 Å². The summed E-state index contributed by atoms with van der Waals surface area (Å²) in [6.45, 7) is 6.23. The predicted octanol–water partition coefficient (Wildman–Crippen LogP) is 5.43. The maximum atomic E-state index is 13.9. The number of hydrogen-bond acceptors (Lipinski definition) is 3. The van der Waals surface area contributed by atoms with Gasteiger partial charge < -0.3 is 14.8 Å². The van der Waals surface area contributed by atoms with Crippen LogP contribution in [0.25, 0.3) is 5.57 Å². The van der Waals surface area contributed by atoms with Gasteiger partial charge in [-0.05, 0) is 55.9 Å². The number of allylic oxidation sites excluding steroid dienone is 2. The molecule has 0 unspecified atom stereocenters. The van der Waals surface area contributed by atoms with Gasteiger partial charge in [-0.15, -0.1) is 0 Å². The van der Waals surface area contributed by atoms with Gasteiger partial charge >= 0.3 is 0 Å². The van der Waals surface area contributed by atoms with E-state index in [2.05, 4.69) is 37.4 Å². The smallest absolute Gasteiger partial charge is 0.165 e. The second-order valence-corrected chi connectivity index (χ2v) is 8.25. The first-order valence-electron chi connectivity index (χ1n) is 10.1. The number of halogens is 1. The average Bonchev–Trinajstić information content (AvgIpc) is 3.23. The number of para-hydroxylation sites is 1. The highest BCUT2D eigenvalue weighted by molar-refractivity contribution is 5.69. The molecule has 28 heavy (non-hydrogen) atoms. The highest BCUT2D eigenvalue weighted by Crippen LogP contribution is 2.41. The van der Waals surface area contributed by atoms with Crippen molar-refractivity contribution >= 4 is 5.57 Å². The zero-order valence-electron chi connectivity index (χ0n) is 16.7. The van der Waals surface area contributed by atoms with Crippen LogP contribution in [-0.4, -0.2) is 18.8 Å². The zero-order valence-corrected chi connectivity index (χ0v) is 16.7. The molecule has 3 nitrogen and oxygen atoms in total. The van der Waals surface area contributed by atoms with Crippen LogP contribution in [-0.2, 0) is 13.0 Å². The van der Waals surface area contributed by atoms with Crippen LogP contribution in [0.4, 0.5) is 4.39 Å². The Morgan fingerprint density at radius 3 is 2.82 bits per heavy atom. The van der Waals surface area contributed by atoms with Crippen molar-refractivity contribution in [3.63, 3.8) is 0 Å². The maximum Gasteiger partial charge on any atom is 0.165 e. The number of benzene rings is 2. The SMILES string of the molecule is CC1(C)Cc2cccc(OCCNCc3cccc(C4=C(F)CCC4)c3)c2O1. The molecule has 0 atom stereocenters. The molecule has 0 aromatic heterocycles. The molecule has 0 saturated heterocycles. The van der Waals surface area contributed by atoms with Crippen LogP contribution in [0, 0.1) is 0 Å². The molecule has 0 bridgehead atoms. The fraction of sp³-hybridized carbons (Fsp3) is 0.417. The lowest BCUT2D eigenvalue weighted by atomic mass is 10.0. The molecule has 1 aliphatic carbocycles. The third-order valence-electron chi connectivity index (χ3n) is 5.35. The van der Waals surface area contributed by atoms with E-state index < -0.39 is 0 Å². The first-order chi connectivity index (χ1) is 13.5. The average molecular weight is 381 g/mol. The van der Waals surface area contributed by atoms with Gasteiger partial charge in [0.2, 0.25) is 0 Å². The molecular formula is C24H28FNO2. The molecule has 2 aliphatic rings. The first kappa shape index (κ1) is 19.0. The standard InChI is InChI=1S/C24H28FNO2/c1-24(2)15-19-8-4-11-22(23(19)28-24)27-13-12-26-16-17-6-3-7-18(14-17)20-9-5-10-21(20)25/h3-4,6-8,11,14,26H,5,9-10,12-13,15-16H2,1-2H3. The molecule has 0 amide bonds. The summed E-state index contributed by atoms with van der Waals surface area (Å²) in [5, 5.41) is 3.41. The summed E-state index contributed by atoms with van der Waals surface area (Å²) in [4.78, 5) is 0. The normalized spacial score (nSPS) is 17.5. The van der Waals surface area contributed by atoms with Crippen molar-refractivity contribution in [2.75, 3.05) is 13.2 Å². The monoisotopic (exact) mass is 381 g/mol. The molecule has 1 heterocycles. The Hall–Kier alpha value is -2.33. The van der Waals surface area contributed by atoms with E-state index in [1.54, 1.807) is 0 Å². The Bertz CT molecular complexity index is 888. The van der Waals surface area contributed by atoms with Gasteiger partial charge in [-0.2, -0.15) is 0 Å². The van der Waals surface area contributed by atoms with Gasteiger partial charge in [-0.25, -0.2) is 4.39 Å². The molecular weight excluding hydrogens is 353 g/mol. The molecule has 2 aromatic rings. The van der Waals surface area contributed by atoms with Gasteiger partial charge in [0.05, 0.1) is 0 Å². The first-order valence-corrected chi connectivity index (χ1v) is 10.1. The molecule has 0 saturated carbocycles. The van der Waals surface area contributed by atoms with Gasteiger partial charge in [-0.1, -0.05) is 36.4 Å². The molecule has 0 spiro atoms. The number of ether oxygens (including phenoxy) is 2. The van der Waals surface area contributed by atoms with Crippen LogP contribution in [0.5, 0.6) is 11.5 Å². The fourth-order valence-electron chi connectivity index (χ4n) is 4.04. The van der Waals surface area contributed by atoms with Crippen molar-refractivity contribution in [3.05, 3.63) is 65.0 Å². The molecule has 0 fully saturated rings. The zero-order chi connectivity index (χ0) is 19.6. The van der Waals surface area contributed by atoms with Gasteiger partial charge in [0.1, 0.15) is 18.0 Å². The maximum absolute atomic E-state index is 13.9. The van der Waals surface area contributed by atoms with Crippen LogP contribution in [0.3, 0.4) is 0 Å². The Morgan fingerprint density at radius 2 is 2.00 bits per heavy atom. The lowest BCUT2D eigenvalue weighted by Gasteiger charge is -2.18. The highest BCUT2D eigenvalue weighted by atomic mass is 19.1. The van der Waals surface area contributed by atoms with Gasteiger partial charge in [0.15, 0.2) is 11.5 Å². The summed E-state index contributed by atoms with van der Waals surface area (Å²) in [5.41, 5.74) is 4.10. The van der Waals surface area contributed by atoms with E-state index in [9.17, 15) is 4.39 Å². The van der Waals surface area contributed by atoms with E-state index in [1.807, 2.05) is 24.3 Å². The third kappa shape index (κ3) is 4.22. The lowest BCUT2D eigenvalue weighted by molar-refractivity contribution is 0.132. The molecule has 0 radical (unpaired) electrons. The van der Waals surface area contributed by atoms with E-state index in [0.717, 1.165) is 60.6 Å². The van der Waals surface area contributed by atoms with E-state index in [-0.39, 0.29) is 11.4 Å². The van der Waals surface area contributed by atoms with Gasteiger partial charge in [0, 0.05) is 25.1 Å². The summed E-state index contributed by atoms with van der Waals surface area (Å²) < 4.78 is 25.9. The minimum Gasteiger partial charge on any atom is -0.488 e. The number of nitrogens with one attached hydrogen (secondary N) is 1. The molecule has 4 rings (SSSR count). The van der Waals surface area contributed by atoms with E-state index in [1.165, 1.54) is 5.56 Å². The summed E-state index contributed by atoms with van der Waals surface area (Å²) in [7, 11) is 0. The second-order valence-electron chi connectivity index (χ2n) is 8.25. The summed E-state index contributed by atoms with van der Waals surface area (Å²) in [5.74, 6) is 1.75. The Balaban J connectivity index is 1.28. The van der Waals surface area contributed by atoms with E-state index >= 15 is 0 Å². The third-order valence-corrected chi connectivity index (χ3v) is 5.35. The van der Waals surface area contributed by atoms with Crippen LogP contribution < -0.4 is 14.8 Å².